The van der Waals surface area contributed by atoms with Crippen molar-refractivity contribution in [1.82, 2.24) is 57.7 Å². The van der Waals surface area contributed by atoms with Gasteiger partial charge in [-0.3, -0.25) is 62.3 Å². The zero-order chi connectivity index (χ0) is 65.6. The number of carboxylic acids is 3. The molecule has 2 heterocycles. The molecular formula is C56H85N13O18. The van der Waals surface area contributed by atoms with Crippen molar-refractivity contribution in [3.8, 4) is 0 Å². The Morgan fingerprint density at radius 1 is 0.644 bits per heavy atom. The van der Waals surface area contributed by atoms with Gasteiger partial charge in [0.1, 0.15) is 54.4 Å². The molecule has 0 bridgehead atoms. The van der Waals surface area contributed by atoms with Gasteiger partial charge in [0.15, 0.2) is 0 Å². The Morgan fingerprint density at radius 2 is 1.22 bits per heavy atom. The molecular weight excluding hydrogens is 1140 g/mol. The molecule has 0 spiro atoms. The van der Waals surface area contributed by atoms with Crippen LogP contribution in [0.3, 0.4) is 0 Å². The average Bonchev–Trinajstić information content (AvgIpc) is 2.49. The number of nitrogens with two attached hydrogens (primary N) is 2. The number of primary amides is 1. The highest BCUT2D eigenvalue weighted by atomic mass is 16.4. The van der Waals surface area contributed by atoms with Crippen molar-refractivity contribution in [3.05, 3.63) is 36.0 Å². The van der Waals surface area contributed by atoms with Crippen LogP contribution in [-0.4, -0.2) is 193 Å². The number of nitrogens with zero attached hydrogens (tertiary/aromatic N) is 1. The summed E-state index contributed by atoms with van der Waals surface area (Å²) in [5.74, 6) is -16.8. The van der Waals surface area contributed by atoms with E-state index in [1.54, 1.807) is 47.7 Å². The van der Waals surface area contributed by atoms with Gasteiger partial charge in [-0.15, -0.1) is 0 Å². The highest BCUT2D eigenvalue weighted by Gasteiger charge is 2.42. The molecule has 482 valence electrons. The standard InChI is InChI=1S/C56H85N13O18/c1-9-27(5)44(66-49(79)35(17-18-42(73)74)62-50(80)36(20-26(3)4)63-48(78)33(57)21-31-24-59-34-15-12-11-14-32(31)34)54(84)65-38(22-40(58)71)55(85)69-19-13-16-39(69)52(82)64-37(23-43(75)76)51(81)68-46(30(8)70)53(83)60-25-41(72)61-29(7)47(77)67-45(56(86)87)28(6)10-2/h11-12,14-15,24,26-30,33,35-39,44-46,59,70H,9-10,13,16-23,25,57H2,1-8H3,(H2,58,71)(H,60,83)(H,61,72)(H,62,80)(H,63,78)(H,64,82)(H,65,84)(H,66,79)(H,67,77)(H,68,81)(H,73,74)(H,75,76)(H,86,87)/t27-,28-,29-,30+,33-,35-,36-,37-,38-,39-,44-,45-,46-/m0/s1. The molecule has 31 heteroatoms. The summed E-state index contributed by atoms with van der Waals surface area (Å²) in [5.41, 5.74) is 13.4. The fraction of sp³-hybridized carbons (Fsp3) is 0.607. The number of aliphatic carboxylic acids is 3. The molecule has 3 rings (SSSR count). The maximum absolute atomic E-state index is 14.4. The van der Waals surface area contributed by atoms with E-state index in [1.807, 2.05) is 24.3 Å². The normalized spacial score (nSPS) is 17.1. The molecule has 87 heavy (non-hydrogen) atoms. The van der Waals surface area contributed by atoms with Crippen molar-refractivity contribution in [3.63, 3.8) is 0 Å². The van der Waals surface area contributed by atoms with Crippen LogP contribution in [0.25, 0.3) is 10.9 Å². The van der Waals surface area contributed by atoms with Crippen LogP contribution in [-0.2, 0) is 73.5 Å². The van der Waals surface area contributed by atoms with E-state index in [0.717, 1.165) is 28.3 Å². The van der Waals surface area contributed by atoms with Crippen molar-refractivity contribution in [2.45, 2.75) is 186 Å². The number of nitrogens with one attached hydrogen (secondary N) is 10. The molecule has 0 saturated carbocycles. The molecule has 11 amide bonds. The molecule has 0 aliphatic carbocycles. The summed E-state index contributed by atoms with van der Waals surface area (Å²) in [4.78, 5) is 189. The van der Waals surface area contributed by atoms with Crippen molar-refractivity contribution in [2.24, 2.45) is 29.2 Å². The quantitative estimate of drug-likeness (QED) is 0.0321. The van der Waals surface area contributed by atoms with Crippen LogP contribution in [0.15, 0.2) is 30.5 Å². The number of hydrogen-bond donors (Lipinski definition) is 16. The summed E-state index contributed by atoms with van der Waals surface area (Å²) < 4.78 is 0. The SMILES string of the molecule is CC[C@H](C)[C@H](NC(=O)[C@H](C)NC(=O)CNC(=O)[C@@H](NC(=O)[C@H](CC(=O)O)NC(=O)[C@@H]1CCCN1C(=O)[C@H](CC(N)=O)NC(=O)[C@@H](NC(=O)[C@H](CCC(=O)O)NC(=O)[C@H](CC(C)C)NC(=O)[C@@H](N)Cc1c[nH]c2ccccc12)[C@@H](C)CC)[C@@H](C)O)C(=O)O. The lowest BCUT2D eigenvalue weighted by molar-refractivity contribution is -0.145. The van der Waals surface area contributed by atoms with Gasteiger partial charge in [0.25, 0.3) is 0 Å². The van der Waals surface area contributed by atoms with Crippen LogP contribution in [0.5, 0.6) is 0 Å². The van der Waals surface area contributed by atoms with Crippen molar-refractivity contribution in [2.75, 3.05) is 13.1 Å². The Balaban J connectivity index is 1.77. The summed E-state index contributed by atoms with van der Waals surface area (Å²) in [6, 6.07) is -7.79. The van der Waals surface area contributed by atoms with Gasteiger partial charge in [-0.25, -0.2) is 4.79 Å². The summed E-state index contributed by atoms with van der Waals surface area (Å²) >= 11 is 0. The van der Waals surface area contributed by atoms with E-state index in [1.165, 1.54) is 6.92 Å². The summed E-state index contributed by atoms with van der Waals surface area (Å²) in [5, 5.41) is 61.5. The van der Waals surface area contributed by atoms with Gasteiger partial charge in [0, 0.05) is 30.1 Å². The first-order valence-corrected chi connectivity index (χ1v) is 28.7. The molecule has 18 N–H and O–H groups in total. The van der Waals surface area contributed by atoms with E-state index >= 15 is 0 Å². The van der Waals surface area contributed by atoms with Gasteiger partial charge >= 0.3 is 17.9 Å². The fourth-order valence-electron chi connectivity index (χ4n) is 9.45. The smallest absolute Gasteiger partial charge is 0.326 e. The van der Waals surface area contributed by atoms with E-state index < -0.39 is 193 Å². The van der Waals surface area contributed by atoms with Crippen LogP contribution in [0, 0.1) is 17.8 Å². The van der Waals surface area contributed by atoms with E-state index in [-0.39, 0.29) is 44.6 Å². The summed E-state index contributed by atoms with van der Waals surface area (Å²) in [7, 11) is 0. The number of carbonyl (C=O) groups is 14. The highest BCUT2D eigenvalue weighted by molar-refractivity contribution is 6.00. The summed E-state index contributed by atoms with van der Waals surface area (Å²) in [6.07, 6.45) is -2.23. The first kappa shape index (κ1) is 72.5. The van der Waals surface area contributed by atoms with Gasteiger partial charge in [0.05, 0.1) is 31.5 Å². The molecule has 1 fully saturated rings. The predicted octanol–water partition coefficient (Wildman–Crippen LogP) is -3.14. The van der Waals surface area contributed by atoms with E-state index in [2.05, 4.69) is 52.8 Å². The third-order valence-corrected chi connectivity index (χ3v) is 14.8. The molecule has 1 aliphatic rings. The van der Waals surface area contributed by atoms with Crippen molar-refractivity contribution in [1.29, 1.82) is 0 Å². The van der Waals surface area contributed by atoms with Crippen LogP contribution in [0.1, 0.15) is 119 Å². The van der Waals surface area contributed by atoms with Crippen LogP contribution < -0.4 is 59.3 Å². The van der Waals surface area contributed by atoms with E-state index in [0.29, 0.717) is 6.42 Å². The van der Waals surface area contributed by atoms with E-state index in [9.17, 15) is 87.5 Å². The van der Waals surface area contributed by atoms with Gasteiger partial charge in [-0.05, 0) is 75.3 Å². The zero-order valence-corrected chi connectivity index (χ0v) is 50.1. The minimum atomic E-state index is -1.97. The second-order valence-corrected chi connectivity index (χ2v) is 22.3. The van der Waals surface area contributed by atoms with Gasteiger partial charge in [-0.2, -0.15) is 0 Å². The highest BCUT2D eigenvalue weighted by Crippen LogP contribution is 2.22. The zero-order valence-electron chi connectivity index (χ0n) is 50.1. The van der Waals surface area contributed by atoms with E-state index in [4.69, 9.17) is 11.5 Å². The molecule has 1 aliphatic heterocycles. The van der Waals surface area contributed by atoms with Crippen LogP contribution >= 0.6 is 0 Å². The third kappa shape index (κ3) is 22.6. The Bertz CT molecular complexity index is 2830. The minimum Gasteiger partial charge on any atom is -0.481 e. The number of carbonyl (C=O) groups excluding carboxylic acids is 11. The number of amides is 11. The third-order valence-electron chi connectivity index (χ3n) is 14.8. The molecule has 31 nitrogen and oxygen atoms in total. The lowest BCUT2D eigenvalue weighted by Crippen LogP contribution is -2.61. The number of benzene rings is 1. The predicted molar refractivity (Wildman–Crippen MR) is 309 cm³/mol. The van der Waals surface area contributed by atoms with Gasteiger partial charge in [0.2, 0.25) is 65.0 Å². The summed E-state index contributed by atoms with van der Waals surface area (Å²) in [6.45, 7) is 11.4. The number of aliphatic hydroxyl groups excluding tert-OH is 1. The fourth-order valence-corrected chi connectivity index (χ4v) is 9.45. The number of likely N-dealkylation sites (tertiary alicyclic amines) is 1. The molecule has 0 unspecified atom stereocenters. The molecule has 0 radical (unpaired) electrons. The molecule has 13 atom stereocenters. The van der Waals surface area contributed by atoms with Crippen molar-refractivity contribution < 1.29 is 87.5 Å². The second kappa shape index (κ2) is 34.4. The van der Waals surface area contributed by atoms with Crippen LogP contribution in [0.4, 0.5) is 0 Å². The maximum Gasteiger partial charge on any atom is 0.326 e. The molecule has 1 saturated heterocycles. The Hall–Kier alpha value is -8.74. The number of aliphatic hydroxyl groups is 1. The molecule has 1 aromatic heterocycles. The largest absolute Gasteiger partial charge is 0.481 e. The Labute approximate surface area is 502 Å². The number of hydrogen-bond acceptors (Lipinski definition) is 16. The number of fused-ring (bicyclic) bond motifs is 1. The number of para-hydroxylation sites is 1. The maximum atomic E-state index is 14.4. The second-order valence-electron chi connectivity index (χ2n) is 22.3. The average molecular weight is 1230 g/mol. The first-order valence-electron chi connectivity index (χ1n) is 28.7. The number of H-pyrrole nitrogens is 1. The number of rotatable bonds is 36. The van der Waals surface area contributed by atoms with Gasteiger partial charge in [-0.1, -0.05) is 72.6 Å². The minimum absolute atomic E-state index is 0.0664. The Morgan fingerprint density at radius 3 is 1.80 bits per heavy atom. The number of aromatic amines is 1. The Kier molecular flexibility index (Phi) is 28.7. The number of carboxylic acid groups (broad SMARTS) is 3. The number of aromatic nitrogens is 1. The monoisotopic (exact) mass is 1230 g/mol. The lowest BCUT2D eigenvalue weighted by atomic mass is 9.96. The van der Waals surface area contributed by atoms with Crippen molar-refractivity contribution >= 4 is 93.8 Å². The lowest BCUT2D eigenvalue weighted by Gasteiger charge is -2.31. The topological polar surface area (TPSA) is 499 Å². The molecule has 2 aromatic rings. The first-order chi connectivity index (χ1) is 40.8. The molecule has 1 aromatic carbocycles. The van der Waals surface area contributed by atoms with Crippen LogP contribution in [0.2, 0.25) is 0 Å². The van der Waals surface area contributed by atoms with Gasteiger partial charge < -0.3 is 89.6 Å².